The molecule has 1 aromatic carbocycles. The largest absolute Gasteiger partial charge is 0.479 e. The predicted octanol–water partition coefficient (Wildman–Crippen LogP) is 1.28. The number of aliphatic hydroxyl groups excluding tert-OH is 1. The van der Waals surface area contributed by atoms with Crippen molar-refractivity contribution in [2.24, 2.45) is 11.8 Å². The van der Waals surface area contributed by atoms with Gasteiger partial charge >= 0.3 is 5.97 Å². The topological polar surface area (TPSA) is 116 Å². The number of carbonyl (C=O) groups is 3. The molecule has 2 amide bonds. The maximum atomic E-state index is 11.9. The lowest BCUT2D eigenvalue weighted by molar-refractivity contribution is -0.151. The van der Waals surface area contributed by atoms with Gasteiger partial charge in [0, 0.05) is 17.6 Å². The number of hydrogen-bond donors (Lipinski definition) is 4. The SMILES string of the molecule is CC(C)C.CNC(=O)CNC(=O)C(C#Cc1ccc(Cl)cc1)C(O)C(=O)O. The molecule has 1 aromatic rings. The Bertz CT molecular complexity index is 690. The van der Waals surface area contributed by atoms with E-state index in [2.05, 4.69) is 43.2 Å². The molecule has 0 bridgehead atoms. The first-order chi connectivity index (χ1) is 12.6. The van der Waals surface area contributed by atoms with Gasteiger partial charge in [-0.3, -0.25) is 9.59 Å². The first-order valence-corrected chi connectivity index (χ1v) is 8.62. The minimum absolute atomic E-state index is 0.346. The normalized spacial score (nSPS) is 11.8. The van der Waals surface area contributed by atoms with Gasteiger partial charge in [-0.05, 0) is 30.2 Å². The molecule has 8 heteroatoms. The fraction of sp³-hybridized carbons (Fsp3) is 0.421. The van der Waals surface area contributed by atoms with E-state index in [9.17, 15) is 19.5 Å². The van der Waals surface area contributed by atoms with Gasteiger partial charge in [-0.15, -0.1) is 0 Å². The third-order valence-corrected chi connectivity index (χ3v) is 3.02. The summed E-state index contributed by atoms with van der Waals surface area (Å²) in [5.41, 5.74) is 0.496. The van der Waals surface area contributed by atoms with E-state index < -0.39 is 29.8 Å². The smallest absolute Gasteiger partial charge is 0.334 e. The van der Waals surface area contributed by atoms with Crippen LogP contribution in [-0.4, -0.2) is 47.7 Å². The first kappa shape index (κ1) is 24.4. The third kappa shape index (κ3) is 10.9. The summed E-state index contributed by atoms with van der Waals surface area (Å²) >= 11 is 5.73. The van der Waals surface area contributed by atoms with Crippen molar-refractivity contribution in [2.45, 2.75) is 26.9 Å². The Morgan fingerprint density at radius 2 is 1.67 bits per heavy atom. The summed E-state index contributed by atoms with van der Waals surface area (Å²) in [5, 5.41) is 23.5. The van der Waals surface area contributed by atoms with Crippen LogP contribution in [0.5, 0.6) is 0 Å². The summed E-state index contributed by atoms with van der Waals surface area (Å²) < 4.78 is 0. The number of aliphatic carboxylic acids is 1. The minimum atomic E-state index is -2.01. The van der Waals surface area contributed by atoms with E-state index in [0.717, 1.165) is 5.92 Å². The van der Waals surface area contributed by atoms with Crippen LogP contribution >= 0.6 is 11.6 Å². The van der Waals surface area contributed by atoms with Gasteiger partial charge < -0.3 is 20.8 Å². The Morgan fingerprint density at radius 3 is 2.11 bits per heavy atom. The van der Waals surface area contributed by atoms with Gasteiger partial charge in [0.25, 0.3) is 0 Å². The zero-order chi connectivity index (χ0) is 21.0. The van der Waals surface area contributed by atoms with Crippen molar-refractivity contribution in [2.75, 3.05) is 13.6 Å². The lowest BCUT2D eigenvalue weighted by Gasteiger charge is -2.14. The maximum absolute atomic E-state index is 11.9. The second-order valence-electron chi connectivity index (χ2n) is 6.16. The van der Waals surface area contributed by atoms with Crippen molar-refractivity contribution in [3.63, 3.8) is 0 Å². The molecular formula is C19H25ClN2O5. The zero-order valence-corrected chi connectivity index (χ0v) is 16.5. The summed E-state index contributed by atoms with van der Waals surface area (Å²) in [7, 11) is 1.39. The molecule has 0 fully saturated rings. The van der Waals surface area contributed by atoms with Crippen LogP contribution < -0.4 is 10.6 Å². The highest BCUT2D eigenvalue weighted by atomic mass is 35.5. The fourth-order valence-electron chi connectivity index (χ4n) is 1.49. The van der Waals surface area contributed by atoms with E-state index >= 15 is 0 Å². The van der Waals surface area contributed by atoms with Crippen LogP contribution in [0.3, 0.4) is 0 Å². The van der Waals surface area contributed by atoms with Crippen LogP contribution in [0.4, 0.5) is 0 Å². The number of aliphatic hydroxyl groups is 1. The molecule has 27 heavy (non-hydrogen) atoms. The highest BCUT2D eigenvalue weighted by Crippen LogP contribution is 2.09. The standard InChI is InChI=1S/C15H15ClN2O5.C4H10/c1-17-12(19)8-18-14(21)11(13(20)15(22)23)7-4-9-2-5-10(16)6-3-9;1-4(2)3/h2-3,5-6,11,13,20H,8H2,1H3,(H,17,19)(H,18,21)(H,22,23);4H,1-3H3. The van der Waals surface area contributed by atoms with Crippen LogP contribution in [0.2, 0.25) is 5.02 Å². The average molecular weight is 397 g/mol. The number of benzene rings is 1. The van der Waals surface area contributed by atoms with Crippen molar-refractivity contribution in [3.05, 3.63) is 34.9 Å². The number of halogens is 1. The van der Waals surface area contributed by atoms with Crippen LogP contribution in [0.25, 0.3) is 0 Å². The van der Waals surface area contributed by atoms with E-state index in [1.807, 2.05) is 0 Å². The predicted molar refractivity (Wildman–Crippen MR) is 103 cm³/mol. The van der Waals surface area contributed by atoms with Crippen molar-refractivity contribution in [1.82, 2.24) is 10.6 Å². The van der Waals surface area contributed by atoms with Crippen molar-refractivity contribution in [1.29, 1.82) is 0 Å². The van der Waals surface area contributed by atoms with E-state index in [1.165, 1.54) is 7.05 Å². The number of amides is 2. The summed E-state index contributed by atoms with van der Waals surface area (Å²) in [6.45, 7) is 6.15. The molecule has 2 atom stereocenters. The third-order valence-electron chi connectivity index (χ3n) is 2.77. The van der Waals surface area contributed by atoms with Crippen LogP contribution in [0, 0.1) is 23.7 Å². The highest BCUT2D eigenvalue weighted by molar-refractivity contribution is 6.30. The molecule has 0 radical (unpaired) electrons. The Labute approximate surface area is 164 Å². The monoisotopic (exact) mass is 396 g/mol. The van der Waals surface area contributed by atoms with E-state index in [4.69, 9.17) is 16.7 Å². The summed E-state index contributed by atoms with van der Waals surface area (Å²) in [5.74, 6) is 1.41. The summed E-state index contributed by atoms with van der Waals surface area (Å²) in [4.78, 5) is 33.9. The van der Waals surface area contributed by atoms with E-state index in [-0.39, 0.29) is 6.54 Å². The van der Waals surface area contributed by atoms with Gasteiger partial charge in [0.1, 0.15) is 5.92 Å². The molecule has 0 aliphatic rings. The summed E-state index contributed by atoms with van der Waals surface area (Å²) in [6.07, 6.45) is -2.01. The van der Waals surface area contributed by atoms with Gasteiger partial charge in [0.15, 0.2) is 6.10 Å². The lowest BCUT2D eigenvalue weighted by atomic mass is 10.0. The Kier molecular flexibility index (Phi) is 11.5. The van der Waals surface area contributed by atoms with Gasteiger partial charge in [0.2, 0.25) is 11.8 Å². The molecule has 0 aromatic heterocycles. The molecule has 0 aliphatic heterocycles. The molecule has 4 N–H and O–H groups in total. The number of hydrogen-bond acceptors (Lipinski definition) is 4. The van der Waals surface area contributed by atoms with Gasteiger partial charge in [-0.25, -0.2) is 4.79 Å². The highest BCUT2D eigenvalue weighted by Gasteiger charge is 2.30. The molecule has 0 saturated heterocycles. The minimum Gasteiger partial charge on any atom is -0.479 e. The average Bonchev–Trinajstić information content (AvgIpc) is 2.60. The second-order valence-corrected chi connectivity index (χ2v) is 6.60. The number of carbonyl (C=O) groups excluding carboxylic acids is 2. The first-order valence-electron chi connectivity index (χ1n) is 8.24. The quantitative estimate of drug-likeness (QED) is 0.559. The fourth-order valence-corrected chi connectivity index (χ4v) is 1.62. The molecule has 148 valence electrons. The number of rotatable bonds is 5. The van der Waals surface area contributed by atoms with Crippen molar-refractivity contribution < 1.29 is 24.6 Å². The van der Waals surface area contributed by atoms with Crippen LogP contribution in [0.1, 0.15) is 26.3 Å². The molecule has 1 rings (SSSR count). The summed E-state index contributed by atoms with van der Waals surface area (Å²) in [6, 6.07) is 6.34. The maximum Gasteiger partial charge on any atom is 0.334 e. The number of carboxylic acid groups (broad SMARTS) is 1. The van der Waals surface area contributed by atoms with Gasteiger partial charge in [-0.2, -0.15) is 0 Å². The molecular weight excluding hydrogens is 372 g/mol. The Morgan fingerprint density at radius 1 is 1.15 bits per heavy atom. The van der Waals surface area contributed by atoms with Crippen LogP contribution in [-0.2, 0) is 14.4 Å². The zero-order valence-electron chi connectivity index (χ0n) is 15.7. The molecule has 0 aliphatic carbocycles. The molecule has 7 nitrogen and oxygen atoms in total. The Balaban J connectivity index is 0.00000153. The van der Waals surface area contributed by atoms with E-state index in [1.54, 1.807) is 24.3 Å². The second kappa shape index (κ2) is 12.7. The van der Waals surface area contributed by atoms with Crippen molar-refractivity contribution in [3.8, 4) is 11.8 Å². The molecule has 2 unspecified atom stereocenters. The van der Waals surface area contributed by atoms with Crippen molar-refractivity contribution >= 4 is 29.4 Å². The molecule has 0 heterocycles. The Hall–Kier alpha value is -2.56. The van der Waals surface area contributed by atoms with Gasteiger partial charge in [-0.1, -0.05) is 44.2 Å². The molecule has 0 spiro atoms. The van der Waals surface area contributed by atoms with Gasteiger partial charge in [0.05, 0.1) is 6.54 Å². The number of carboxylic acids is 1. The number of nitrogens with one attached hydrogen (secondary N) is 2. The number of likely N-dealkylation sites (N-methyl/N-ethyl adjacent to an activating group) is 1. The van der Waals surface area contributed by atoms with Crippen LogP contribution in [0.15, 0.2) is 24.3 Å². The van der Waals surface area contributed by atoms with E-state index in [0.29, 0.717) is 10.6 Å². The molecule has 0 saturated carbocycles. The lowest BCUT2D eigenvalue weighted by Crippen LogP contribution is -2.43.